The molecule has 1 aliphatic rings. The zero-order chi connectivity index (χ0) is 27.9. The first kappa shape index (κ1) is 26.6. The monoisotopic (exact) mass is 546 g/mol. The largest absolute Gasteiger partial charge is 0.496 e. The van der Waals surface area contributed by atoms with Crippen molar-refractivity contribution in [1.82, 2.24) is 19.7 Å². The van der Waals surface area contributed by atoms with E-state index in [-0.39, 0.29) is 4.90 Å². The van der Waals surface area contributed by atoms with Crippen molar-refractivity contribution in [2.45, 2.75) is 49.8 Å². The third-order valence-corrected chi connectivity index (χ3v) is 8.65. The molecule has 1 N–H and O–H groups in total. The van der Waals surface area contributed by atoms with Crippen LogP contribution < -0.4 is 14.2 Å². The number of rotatable bonds is 8. The second-order valence-corrected chi connectivity index (χ2v) is 11.4. The molecule has 39 heavy (non-hydrogen) atoms. The molecule has 1 fully saturated rings. The summed E-state index contributed by atoms with van der Waals surface area (Å²) in [6.45, 7) is 5.69. The van der Waals surface area contributed by atoms with Gasteiger partial charge in [-0.25, -0.2) is 18.1 Å². The van der Waals surface area contributed by atoms with Crippen LogP contribution in [0.4, 0.5) is 0 Å². The molecular formula is C29H30N4O5S. The molecule has 0 bridgehead atoms. The Morgan fingerprint density at radius 2 is 1.87 bits per heavy atom. The third kappa shape index (κ3) is 4.58. The van der Waals surface area contributed by atoms with Crippen LogP contribution in [0.3, 0.4) is 0 Å². The number of carbonyl (C=O) groups is 1. The highest BCUT2D eigenvalue weighted by Gasteiger charge is 2.64. The van der Waals surface area contributed by atoms with Gasteiger partial charge in [-0.1, -0.05) is 30.7 Å². The number of benzene rings is 2. The number of methoxy groups -OCH3 is 2. The minimum atomic E-state index is -4.25. The lowest BCUT2D eigenvalue weighted by Gasteiger charge is -2.21. The fourth-order valence-electron chi connectivity index (χ4n) is 5.18. The van der Waals surface area contributed by atoms with Gasteiger partial charge in [-0.15, -0.1) is 0 Å². The molecule has 1 aliphatic carbocycles. The predicted molar refractivity (Wildman–Crippen MR) is 147 cm³/mol. The Hall–Kier alpha value is -4.05. The number of nitrogens with one attached hydrogen (secondary N) is 1. The number of fused-ring (bicyclic) bond motifs is 1. The van der Waals surface area contributed by atoms with Gasteiger partial charge in [0.1, 0.15) is 11.4 Å². The van der Waals surface area contributed by atoms with E-state index in [4.69, 9.17) is 9.47 Å². The maximum absolute atomic E-state index is 14.1. The summed E-state index contributed by atoms with van der Waals surface area (Å²) in [6, 6.07) is 13.8. The van der Waals surface area contributed by atoms with Crippen molar-refractivity contribution in [2.75, 3.05) is 14.2 Å². The molecule has 9 nitrogen and oxygen atoms in total. The molecule has 1 saturated carbocycles. The molecule has 0 saturated heterocycles. The molecule has 0 aliphatic heterocycles. The van der Waals surface area contributed by atoms with Crippen molar-refractivity contribution in [3.05, 3.63) is 82.9 Å². The number of carbonyl (C=O) groups excluding carboxylic acids is 1. The zero-order valence-electron chi connectivity index (χ0n) is 22.5. The van der Waals surface area contributed by atoms with E-state index in [0.717, 1.165) is 11.3 Å². The number of pyridine rings is 1. The third-order valence-electron chi connectivity index (χ3n) is 7.26. The van der Waals surface area contributed by atoms with Gasteiger partial charge >= 0.3 is 0 Å². The number of hydrogen-bond donors (Lipinski definition) is 1. The van der Waals surface area contributed by atoms with Crippen molar-refractivity contribution in [3.8, 4) is 11.6 Å². The highest BCUT2D eigenvalue weighted by Crippen LogP contribution is 2.62. The van der Waals surface area contributed by atoms with Crippen LogP contribution in [0.1, 0.15) is 47.5 Å². The van der Waals surface area contributed by atoms with Gasteiger partial charge in [-0.05, 0) is 57.0 Å². The average molecular weight is 547 g/mol. The van der Waals surface area contributed by atoms with E-state index in [9.17, 15) is 13.2 Å². The van der Waals surface area contributed by atoms with Gasteiger partial charge < -0.3 is 9.47 Å². The number of ether oxygens (including phenoxy) is 2. The van der Waals surface area contributed by atoms with Crippen LogP contribution in [-0.2, 0) is 26.7 Å². The van der Waals surface area contributed by atoms with E-state index in [1.165, 1.54) is 20.3 Å². The molecule has 2 atom stereocenters. The Balaban J connectivity index is 1.60. The van der Waals surface area contributed by atoms with E-state index in [1.807, 2.05) is 32.9 Å². The number of hydrogen-bond acceptors (Lipinski definition) is 8. The minimum absolute atomic E-state index is 0.0156. The van der Waals surface area contributed by atoms with Crippen molar-refractivity contribution >= 4 is 26.8 Å². The highest BCUT2D eigenvalue weighted by atomic mass is 32.2. The smallest absolute Gasteiger partial charge is 0.264 e. The summed E-state index contributed by atoms with van der Waals surface area (Å²) < 4.78 is 40.8. The van der Waals surface area contributed by atoms with E-state index in [1.54, 1.807) is 36.5 Å². The topological polar surface area (TPSA) is 120 Å². The quantitative estimate of drug-likeness (QED) is 0.350. The summed E-state index contributed by atoms with van der Waals surface area (Å²) in [7, 11) is -1.20. The lowest BCUT2D eigenvalue weighted by Crippen LogP contribution is -2.40. The van der Waals surface area contributed by atoms with Crippen LogP contribution in [0.5, 0.6) is 11.6 Å². The maximum Gasteiger partial charge on any atom is 0.264 e. The van der Waals surface area contributed by atoms with Crippen LogP contribution in [-0.4, -0.2) is 43.5 Å². The molecule has 2 aromatic carbocycles. The van der Waals surface area contributed by atoms with Crippen LogP contribution in [0.25, 0.3) is 10.9 Å². The first-order valence-electron chi connectivity index (χ1n) is 12.6. The van der Waals surface area contributed by atoms with Crippen molar-refractivity contribution in [1.29, 1.82) is 0 Å². The molecule has 0 unspecified atom stereocenters. The number of aryl methyl sites for hydroxylation is 3. The number of amides is 1. The summed E-state index contributed by atoms with van der Waals surface area (Å²) in [6.07, 6.45) is 2.60. The second-order valence-electron chi connectivity index (χ2n) is 9.75. The van der Waals surface area contributed by atoms with Gasteiger partial charge in [-0.3, -0.25) is 14.8 Å². The normalized spacial score (nSPS) is 18.5. The first-order valence-corrected chi connectivity index (χ1v) is 14.1. The van der Waals surface area contributed by atoms with Gasteiger partial charge in [0.15, 0.2) is 0 Å². The summed E-state index contributed by atoms with van der Waals surface area (Å²) in [5, 5.41) is 0.434. The minimum Gasteiger partial charge on any atom is -0.496 e. The Labute approximate surface area is 227 Å². The van der Waals surface area contributed by atoms with Crippen molar-refractivity contribution in [2.24, 2.45) is 0 Å². The van der Waals surface area contributed by atoms with Gasteiger partial charge in [0.05, 0.1) is 35.7 Å². The second kappa shape index (κ2) is 9.92. The maximum atomic E-state index is 14.1. The Morgan fingerprint density at radius 1 is 1.08 bits per heavy atom. The Kier molecular flexibility index (Phi) is 6.76. The average Bonchev–Trinajstić information content (AvgIpc) is 3.69. The van der Waals surface area contributed by atoms with E-state index in [2.05, 4.69) is 19.7 Å². The molecule has 0 spiro atoms. The van der Waals surface area contributed by atoms with Crippen molar-refractivity contribution in [3.63, 3.8) is 0 Å². The highest BCUT2D eigenvalue weighted by molar-refractivity contribution is 7.90. The van der Waals surface area contributed by atoms with Gasteiger partial charge in [0.2, 0.25) is 11.8 Å². The zero-order valence-corrected chi connectivity index (χ0v) is 23.3. The fraction of sp³-hybridized carbons (Fsp3) is 0.310. The van der Waals surface area contributed by atoms with Crippen LogP contribution in [0, 0.1) is 13.8 Å². The molecule has 4 aromatic rings. The molecule has 10 heteroatoms. The van der Waals surface area contributed by atoms with E-state index in [0.29, 0.717) is 52.3 Å². The molecule has 2 heterocycles. The van der Waals surface area contributed by atoms with E-state index >= 15 is 0 Å². The Morgan fingerprint density at radius 3 is 2.59 bits per heavy atom. The summed E-state index contributed by atoms with van der Waals surface area (Å²) >= 11 is 0. The van der Waals surface area contributed by atoms with Crippen LogP contribution >= 0.6 is 0 Å². The number of sulfonamides is 1. The number of nitrogens with zero attached hydrogens (tertiary/aromatic N) is 3. The standard InChI is InChI=1S/C29H30N4O5S/c1-6-22-27(38-5)32-24(16-30-22)21-15-29(21,20-14-17(2)10-13-25(20)37-4)28(34)33-39(35,36)26-9-7-8-23-19(26)12-11-18(3)31-23/h7-14,16,21H,6,15H2,1-5H3,(H,33,34)/t21-,29-/m1/s1. The summed E-state index contributed by atoms with van der Waals surface area (Å²) in [5.74, 6) is -0.217. The molecule has 5 rings (SSSR count). The van der Waals surface area contributed by atoms with Gasteiger partial charge in [-0.2, -0.15) is 0 Å². The fourth-order valence-corrected chi connectivity index (χ4v) is 6.43. The molecule has 0 radical (unpaired) electrons. The summed E-state index contributed by atoms with van der Waals surface area (Å²) in [4.78, 5) is 27.7. The van der Waals surface area contributed by atoms with E-state index < -0.39 is 27.3 Å². The molecule has 202 valence electrons. The van der Waals surface area contributed by atoms with Crippen LogP contribution in [0.2, 0.25) is 0 Å². The van der Waals surface area contributed by atoms with Gasteiger partial charge in [0.25, 0.3) is 10.0 Å². The Bertz CT molecular complexity index is 1710. The molecule has 2 aromatic heterocycles. The lowest BCUT2D eigenvalue weighted by molar-refractivity contribution is -0.122. The SMILES string of the molecule is CCc1ncc([C@H]2C[C@@]2(C(=O)NS(=O)(=O)c2cccc3nc(C)ccc23)c2cc(C)ccc2OC)nc1OC. The van der Waals surface area contributed by atoms with Gasteiger partial charge in [0, 0.05) is 28.8 Å². The van der Waals surface area contributed by atoms with Crippen molar-refractivity contribution < 1.29 is 22.7 Å². The molecular weight excluding hydrogens is 516 g/mol. The summed E-state index contributed by atoms with van der Waals surface area (Å²) in [5.41, 5.74) is 2.81. The first-order chi connectivity index (χ1) is 18.6. The van der Waals surface area contributed by atoms with Crippen LogP contribution in [0.15, 0.2) is 59.6 Å². The predicted octanol–water partition coefficient (Wildman–Crippen LogP) is 4.15. The molecule has 1 amide bonds. The number of aromatic nitrogens is 3. The lowest BCUT2D eigenvalue weighted by atomic mass is 9.89.